The lowest BCUT2D eigenvalue weighted by Crippen LogP contribution is -2.32. The summed E-state index contributed by atoms with van der Waals surface area (Å²) in [6.07, 6.45) is 0. The first-order valence-electron chi connectivity index (χ1n) is 3.69. The Hall–Kier alpha value is -1.52. The third-order valence-corrected chi connectivity index (χ3v) is 1.42. The van der Waals surface area contributed by atoms with E-state index in [2.05, 4.69) is 20.8 Å². The van der Waals surface area contributed by atoms with Gasteiger partial charge in [-0.25, -0.2) is 4.79 Å². The van der Waals surface area contributed by atoms with E-state index in [0.717, 1.165) is 11.4 Å². The van der Waals surface area contributed by atoms with Gasteiger partial charge in [0.05, 0.1) is 12.2 Å². The molecule has 0 aliphatic carbocycles. The van der Waals surface area contributed by atoms with Crippen LogP contribution in [0, 0.1) is 6.92 Å². The van der Waals surface area contributed by atoms with E-state index in [9.17, 15) is 4.79 Å². The van der Waals surface area contributed by atoms with Crippen molar-refractivity contribution in [1.82, 2.24) is 20.8 Å². The average molecular weight is 168 g/mol. The number of H-pyrrole nitrogens is 1. The summed E-state index contributed by atoms with van der Waals surface area (Å²) in [5.74, 6) is 0. The predicted molar refractivity (Wildman–Crippen MR) is 44.6 cm³/mol. The molecule has 0 spiro atoms. The number of aryl methyl sites for hydroxylation is 1. The summed E-state index contributed by atoms with van der Waals surface area (Å²) < 4.78 is 0. The summed E-state index contributed by atoms with van der Waals surface area (Å²) >= 11 is 0. The second-order valence-corrected chi connectivity index (χ2v) is 2.47. The number of amides is 2. The van der Waals surface area contributed by atoms with Crippen molar-refractivity contribution in [2.24, 2.45) is 0 Å². The number of carbonyl (C=O) groups excluding carboxylic acids is 1. The quantitative estimate of drug-likeness (QED) is 0.588. The molecule has 0 aliphatic rings. The molecule has 1 aromatic rings. The number of nitrogens with zero attached hydrogens (tertiary/aromatic N) is 1. The zero-order valence-corrected chi connectivity index (χ0v) is 7.14. The van der Waals surface area contributed by atoms with Gasteiger partial charge in [-0.1, -0.05) is 0 Å². The largest absolute Gasteiger partial charge is 0.341 e. The van der Waals surface area contributed by atoms with Crippen molar-refractivity contribution in [3.63, 3.8) is 0 Å². The summed E-state index contributed by atoms with van der Waals surface area (Å²) in [5, 5.41) is 11.8. The molecule has 5 nitrogen and oxygen atoms in total. The molecule has 1 aromatic heterocycles. The number of aromatic nitrogens is 2. The van der Waals surface area contributed by atoms with Gasteiger partial charge in [0, 0.05) is 12.7 Å². The average Bonchev–Trinajstić information content (AvgIpc) is 2.47. The molecule has 0 fully saturated rings. The Morgan fingerprint density at radius 2 is 2.50 bits per heavy atom. The van der Waals surface area contributed by atoms with Gasteiger partial charge in [-0.05, 0) is 13.0 Å². The van der Waals surface area contributed by atoms with E-state index in [0.29, 0.717) is 6.54 Å². The third kappa shape index (κ3) is 2.26. The van der Waals surface area contributed by atoms with Crippen LogP contribution in [0.2, 0.25) is 0 Å². The van der Waals surface area contributed by atoms with Crippen molar-refractivity contribution in [1.29, 1.82) is 0 Å². The maximum Gasteiger partial charge on any atom is 0.314 e. The summed E-state index contributed by atoms with van der Waals surface area (Å²) in [6.45, 7) is 2.36. The first-order chi connectivity index (χ1) is 5.72. The lowest BCUT2D eigenvalue weighted by Gasteiger charge is -1.99. The Kier molecular flexibility index (Phi) is 2.68. The van der Waals surface area contributed by atoms with Gasteiger partial charge in [0.25, 0.3) is 0 Å². The topological polar surface area (TPSA) is 69.8 Å². The van der Waals surface area contributed by atoms with E-state index in [1.807, 2.05) is 13.0 Å². The predicted octanol–water partition coefficient (Wildman–Crippen LogP) is 0.147. The Labute approximate surface area is 70.5 Å². The van der Waals surface area contributed by atoms with Gasteiger partial charge in [-0.2, -0.15) is 5.10 Å². The Bertz CT molecular complexity index is 268. The second kappa shape index (κ2) is 3.75. The van der Waals surface area contributed by atoms with Crippen LogP contribution in [0.15, 0.2) is 6.07 Å². The number of urea groups is 1. The van der Waals surface area contributed by atoms with Gasteiger partial charge >= 0.3 is 6.03 Å². The first-order valence-corrected chi connectivity index (χ1v) is 3.69. The lowest BCUT2D eigenvalue weighted by molar-refractivity contribution is 0.242. The van der Waals surface area contributed by atoms with Crippen molar-refractivity contribution in [2.45, 2.75) is 13.5 Å². The Morgan fingerprint density at radius 1 is 1.75 bits per heavy atom. The molecular weight excluding hydrogens is 156 g/mol. The molecule has 0 radical (unpaired) electrons. The number of rotatable bonds is 2. The van der Waals surface area contributed by atoms with Crippen LogP contribution in [-0.2, 0) is 6.54 Å². The second-order valence-electron chi connectivity index (χ2n) is 2.47. The zero-order valence-electron chi connectivity index (χ0n) is 7.14. The Morgan fingerprint density at radius 3 is 3.00 bits per heavy atom. The molecule has 0 aliphatic heterocycles. The SMILES string of the molecule is CNC(=O)NCc1cc(C)[nH]n1. The van der Waals surface area contributed by atoms with E-state index in [4.69, 9.17) is 0 Å². The maximum atomic E-state index is 10.7. The fraction of sp³-hybridized carbons (Fsp3) is 0.429. The number of hydrogen-bond acceptors (Lipinski definition) is 2. The van der Waals surface area contributed by atoms with Crippen molar-refractivity contribution in [2.75, 3.05) is 7.05 Å². The summed E-state index contributed by atoms with van der Waals surface area (Å²) in [6, 6.07) is 1.69. The van der Waals surface area contributed by atoms with Crippen LogP contribution in [0.5, 0.6) is 0 Å². The van der Waals surface area contributed by atoms with Crippen LogP contribution in [0.1, 0.15) is 11.4 Å². The lowest BCUT2D eigenvalue weighted by atomic mass is 10.4. The van der Waals surface area contributed by atoms with Crippen LogP contribution in [0.25, 0.3) is 0 Å². The number of aromatic amines is 1. The fourth-order valence-electron chi connectivity index (χ4n) is 0.824. The molecule has 0 aromatic carbocycles. The fourth-order valence-corrected chi connectivity index (χ4v) is 0.824. The Balaban J connectivity index is 2.38. The smallest absolute Gasteiger partial charge is 0.314 e. The van der Waals surface area contributed by atoms with Gasteiger partial charge in [-0.15, -0.1) is 0 Å². The molecule has 5 heteroatoms. The third-order valence-electron chi connectivity index (χ3n) is 1.42. The molecule has 2 amide bonds. The molecule has 1 heterocycles. The van der Waals surface area contributed by atoms with E-state index < -0.39 is 0 Å². The molecule has 1 rings (SSSR count). The number of nitrogens with one attached hydrogen (secondary N) is 3. The monoisotopic (exact) mass is 168 g/mol. The molecule has 12 heavy (non-hydrogen) atoms. The number of carbonyl (C=O) groups is 1. The minimum absolute atomic E-state index is 0.198. The van der Waals surface area contributed by atoms with E-state index >= 15 is 0 Å². The molecule has 0 atom stereocenters. The normalized spacial score (nSPS) is 9.50. The van der Waals surface area contributed by atoms with Crippen LogP contribution in [0.3, 0.4) is 0 Å². The first kappa shape index (κ1) is 8.58. The van der Waals surface area contributed by atoms with Gasteiger partial charge in [-0.3, -0.25) is 5.10 Å². The minimum Gasteiger partial charge on any atom is -0.341 e. The summed E-state index contributed by atoms with van der Waals surface area (Å²) in [4.78, 5) is 10.7. The zero-order chi connectivity index (χ0) is 8.97. The van der Waals surface area contributed by atoms with Crippen molar-refractivity contribution in [3.8, 4) is 0 Å². The highest BCUT2D eigenvalue weighted by atomic mass is 16.2. The minimum atomic E-state index is -0.198. The maximum absolute atomic E-state index is 10.7. The van der Waals surface area contributed by atoms with E-state index in [1.165, 1.54) is 0 Å². The van der Waals surface area contributed by atoms with Crippen molar-refractivity contribution in [3.05, 3.63) is 17.5 Å². The standard InChI is InChI=1S/C7H12N4O/c1-5-3-6(11-10-5)4-9-7(12)8-2/h3H,4H2,1-2H3,(H,10,11)(H2,8,9,12). The highest BCUT2D eigenvalue weighted by molar-refractivity contribution is 5.73. The van der Waals surface area contributed by atoms with Crippen LogP contribution in [0.4, 0.5) is 4.79 Å². The van der Waals surface area contributed by atoms with E-state index in [1.54, 1.807) is 7.05 Å². The highest BCUT2D eigenvalue weighted by Gasteiger charge is 1.99. The van der Waals surface area contributed by atoms with E-state index in [-0.39, 0.29) is 6.03 Å². The molecule has 0 saturated heterocycles. The van der Waals surface area contributed by atoms with Gasteiger partial charge < -0.3 is 10.6 Å². The molecular formula is C7H12N4O. The summed E-state index contributed by atoms with van der Waals surface area (Å²) in [5.41, 5.74) is 1.82. The van der Waals surface area contributed by atoms with Gasteiger partial charge in [0.1, 0.15) is 0 Å². The van der Waals surface area contributed by atoms with Crippen molar-refractivity contribution < 1.29 is 4.79 Å². The molecule has 3 N–H and O–H groups in total. The van der Waals surface area contributed by atoms with Crippen LogP contribution in [-0.4, -0.2) is 23.3 Å². The molecule has 0 saturated carbocycles. The summed E-state index contributed by atoms with van der Waals surface area (Å²) in [7, 11) is 1.57. The highest BCUT2D eigenvalue weighted by Crippen LogP contribution is 1.95. The van der Waals surface area contributed by atoms with Crippen molar-refractivity contribution >= 4 is 6.03 Å². The molecule has 66 valence electrons. The van der Waals surface area contributed by atoms with Crippen LogP contribution < -0.4 is 10.6 Å². The van der Waals surface area contributed by atoms with Gasteiger partial charge in [0.2, 0.25) is 0 Å². The molecule has 0 unspecified atom stereocenters. The number of hydrogen-bond donors (Lipinski definition) is 3. The van der Waals surface area contributed by atoms with Gasteiger partial charge in [0.15, 0.2) is 0 Å². The molecule has 0 bridgehead atoms. The van der Waals surface area contributed by atoms with Crippen LogP contribution >= 0.6 is 0 Å².